The van der Waals surface area contributed by atoms with Crippen LogP contribution in [0.15, 0.2) is 11.6 Å². The summed E-state index contributed by atoms with van der Waals surface area (Å²) in [6, 6.07) is 2.33. The van der Waals surface area contributed by atoms with E-state index in [-0.39, 0.29) is 0 Å². The van der Waals surface area contributed by atoms with Gasteiger partial charge in [-0.1, -0.05) is 30.9 Å². The molecule has 3 heteroatoms. The molecule has 2 rings (SSSR count). The Kier molecular flexibility index (Phi) is 6.94. The molecule has 21 heavy (non-hydrogen) atoms. The number of rotatable bonds is 7. The molecule has 1 heterocycles. The average molecular weight is 308 g/mol. The van der Waals surface area contributed by atoms with Crippen LogP contribution in [0.5, 0.6) is 0 Å². The Morgan fingerprint density at radius 1 is 1.33 bits per heavy atom. The van der Waals surface area contributed by atoms with Crippen LogP contribution in [0.1, 0.15) is 47.4 Å². The zero-order valence-electron chi connectivity index (χ0n) is 13.7. The van der Waals surface area contributed by atoms with Gasteiger partial charge in [-0.15, -0.1) is 11.3 Å². The minimum absolute atomic E-state index is 0.772. The molecule has 0 aliphatic heterocycles. The zero-order valence-corrected chi connectivity index (χ0v) is 14.5. The maximum absolute atomic E-state index is 5.13. The van der Waals surface area contributed by atoms with Crippen LogP contribution >= 0.6 is 11.3 Å². The van der Waals surface area contributed by atoms with Crippen LogP contribution in [-0.4, -0.2) is 26.8 Å². The number of aryl methyl sites for hydroxylation is 2. The molecular formula is C18H29NOS. The van der Waals surface area contributed by atoms with E-state index < -0.39 is 0 Å². The molecule has 1 saturated carbocycles. The molecule has 1 aliphatic rings. The Labute approximate surface area is 133 Å². The van der Waals surface area contributed by atoms with E-state index in [1.807, 2.05) is 11.3 Å². The second kappa shape index (κ2) is 8.72. The van der Waals surface area contributed by atoms with Crippen LogP contribution in [0.2, 0.25) is 0 Å². The minimum atomic E-state index is 0.772. The van der Waals surface area contributed by atoms with E-state index in [1.165, 1.54) is 47.4 Å². The van der Waals surface area contributed by atoms with Crippen molar-refractivity contribution in [2.45, 2.75) is 46.0 Å². The van der Waals surface area contributed by atoms with Crippen molar-refractivity contribution in [1.82, 2.24) is 5.32 Å². The van der Waals surface area contributed by atoms with Gasteiger partial charge in [-0.2, -0.15) is 0 Å². The van der Waals surface area contributed by atoms with Gasteiger partial charge in [0.25, 0.3) is 0 Å². The van der Waals surface area contributed by atoms with Crippen LogP contribution in [0.3, 0.4) is 0 Å². The predicted octanol–water partition coefficient (Wildman–Crippen LogP) is 4.56. The van der Waals surface area contributed by atoms with Gasteiger partial charge in [0.1, 0.15) is 0 Å². The lowest BCUT2D eigenvalue weighted by Gasteiger charge is -2.25. The zero-order chi connectivity index (χ0) is 15.1. The topological polar surface area (TPSA) is 21.3 Å². The summed E-state index contributed by atoms with van der Waals surface area (Å²) in [6.45, 7) is 7.16. The highest BCUT2D eigenvalue weighted by molar-refractivity contribution is 7.12. The first-order valence-electron chi connectivity index (χ1n) is 8.18. The molecule has 1 aliphatic carbocycles. The van der Waals surface area contributed by atoms with Gasteiger partial charge in [-0.25, -0.2) is 0 Å². The quantitative estimate of drug-likeness (QED) is 0.745. The fourth-order valence-electron chi connectivity index (χ4n) is 3.19. The van der Waals surface area contributed by atoms with Crippen molar-refractivity contribution in [1.29, 1.82) is 0 Å². The van der Waals surface area contributed by atoms with Crippen molar-refractivity contribution in [3.8, 4) is 0 Å². The molecule has 1 aromatic rings. The molecule has 0 radical (unpaired) electrons. The van der Waals surface area contributed by atoms with E-state index in [0.29, 0.717) is 0 Å². The van der Waals surface area contributed by atoms with Crippen molar-refractivity contribution < 1.29 is 4.74 Å². The third kappa shape index (κ3) is 5.24. The first kappa shape index (κ1) is 16.7. The second-order valence-corrected chi connectivity index (χ2v) is 7.55. The molecule has 1 aromatic heterocycles. The molecule has 1 fully saturated rings. The van der Waals surface area contributed by atoms with Crippen molar-refractivity contribution in [2.24, 2.45) is 5.92 Å². The van der Waals surface area contributed by atoms with Gasteiger partial charge in [-0.05, 0) is 44.2 Å². The van der Waals surface area contributed by atoms with Gasteiger partial charge in [0.2, 0.25) is 0 Å². The number of thiophene rings is 1. The first-order valence-corrected chi connectivity index (χ1v) is 8.99. The fourth-order valence-corrected chi connectivity index (χ4v) is 4.09. The summed E-state index contributed by atoms with van der Waals surface area (Å²) >= 11 is 1.90. The standard InChI is InChI=1S/C18H29NOS/c1-14-11-17(15(2)21-14)12-18(13-19-9-10-20-3)16-7-5-4-6-8-16/h11-12,16,19H,4-10,13H2,1-3H3/b18-12-. The van der Waals surface area contributed by atoms with Gasteiger partial charge in [-0.3, -0.25) is 0 Å². The van der Waals surface area contributed by atoms with E-state index in [9.17, 15) is 0 Å². The molecule has 118 valence electrons. The van der Waals surface area contributed by atoms with Crippen molar-refractivity contribution in [3.63, 3.8) is 0 Å². The summed E-state index contributed by atoms with van der Waals surface area (Å²) in [6.07, 6.45) is 9.37. The maximum Gasteiger partial charge on any atom is 0.0587 e. The number of methoxy groups -OCH3 is 1. The lowest BCUT2D eigenvalue weighted by atomic mass is 9.83. The largest absolute Gasteiger partial charge is 0.383 e. The molecule has 0 atom stereocenters. The maximum atomic E-state index is 5.13. The number of hydrogen-bond acceptors (Lipinski definition) is 3. The molecule has 2 nitrogen and oxygen atoms in total. The van der Waals surface area contributed by atoms with Crippen molar-refractivity contribution in [2.75, 3.05) is 26.8 Å². The summed E-state index contributed by atoms with van der Waals surface area (Å²) in [5.74, 6) is 0.772. The highest BCUT2D eigenvalue weighted by atomic mass is 32.1. The molecule has 0 spiro atoms. The van der Waals surface area contributed by atoms with Crippen LogP contribution in [-0.2, 0) is 4.74 Å². The van der Waals surface area contributed by atoms with Crippen molar-refractivity contribution >= 4 is 17.4 Å². The lowest BCUT2D eigenvalue weighted by Crippen LogP contribution is -2.25. The minimum Gasteiger partial charge on any atom is -0.383 e. The third-order valence-corrected chi connectivity index (χ3v) is 5.34. The lowest BCUT2D eigenvalue weighted by molar-refractivity contribution is 0.200. The molecule has 0 bridgehead atoms. The molecule has 1 N–H and O–H groups in total. The SMILES string of the molecule is COCCNC/C(=C/c1cc(C)sc1C)C1CCCCC1. The van der Waals surface area contributed by atoms with Gasteiger partial charge in [0.15, 0.2) is 0 Å². The summed E-state index contributed by atoms with van der Waals surface area (Å²) < 4.78 is 5.13. The molecule has 0 unspecified atom stereocenters. The summed E-state index contributed by atoms with van der Waals surface area (Å²) in [7, 11) is 1.76. The number of hydrogen-bond donors (Lipinski definition) is 1. The van der Waals surface area contributed by atoms with Gasteiger partial charge in [0, 0.05) is 30.0 Å². The summed E-state index contributed by atoms with van der Waals surface area (Å²) in [4.78, 5) is 2.85. The van der Waals surface area contributed by atoms with E-state index in [2.05, 4.69) is 31.3 Å². The molecular weight excluding hydrogens is 278 g/mol. The van der Waals surface area contributed by atoms with Crippen LogP contribution in [0, 0.1) is 19.8 Å². The Hall–Kier alpha value is -0.640. The van der Waals surface area contributed by atoms with E-state index in [0.717, 1.165) is 25.6 Å². The Balaban J connectivity index is 2.07. The van der Waals surface area contributed by atoms with Crippen LogP contribution in [0.25, 0.3) is 6.08 Å². The Bertz CT molecular complexity index is 458. The van der Waals surface area contributed by atoms with E-state index in [1.54, 1.807) is 12.7 Å². The van der Waals surface area contributed by atoms with Gasteiger partial charge < -0.3 is 10.1 Å². The van der Waals surface area contributed by atoms with Crippen LogP contribution < -0.4 is 5.32 Å². The van der Waals surface area contributed by atoms with E-state index >= 15 is 0 Å². The molecule has 0 amide bonds. The molecule has 0 aromatic carbocycles. The number of ether oxygens (including phenoxy) is 1. The van der Waals surface area contributed by atoms with Crippen LogP contribution in [0.4, 0.5) is 0 Å². The highest BCUT2D eigenvalue weighted by Crippen LogP contribution is 2.32. The predicted molar refractivity (Wildman–Crippen MR) is 93.1 cm³/mol. The van der Waals surface area contributed by atoms with Crippen molar-refractivity contribution in [3.05, 3.63) is 27.0 Å². The Morgan fingerprint density at radius 2 is 2.10 bits per heavy atom. The van der Waals surface area contributed by atoms with Gasteiger partial charge >= 0.3 is 0 Å². The fraction of sp³-hybridized carbons (Fsp3) is 0.667. The average Bonchev–Trinajstić information content (AvgIpc) is 2.81. The Morgan fingerprint density at radius 3 is 2.71 bits per heavy atom. The summed E-state index contributed by atoms with van der Waals surface area (Å²) in [5, 5.41) is 3.54. The number of nitrogens with one attached hydrogen (secondary N) is 1. The molecule has 0 saturated heterocycles. The highest BCUT2D eigenvalue weighted by Gasteiger charge is 2.18. The second-order valence-electron chi connectivity index (χ2n) is 6.09. The first-order chi connectivity index (χ1) is 10.2. The third-order valence-electron chi connectivity index (χ3n) is 4.36. The monoisotopic (exact) mass is 307 g/mol. The normalized spacial score (nSPS) is 17.4. The summed E-state index contributed by atoms with van der Waals surface area (Å²) in [5.41, 5.74) is 3.01. The van der Waals surface area contributed by atoms with Gasteiger partial charge in [0.05, 0.1) is 6.61 Å². The van der Waals surface area contributed by atoms with E-state index in [4.69, 9.17) is 4.74 Å². The smallest absolute Gasteiger partial charge is 0.0587 e.